The van der Waals surface area contributed by atoms with Gasteiger partial charge < -0.3 is 10.2 Å². The Balaban J connectivity index is 1.78. The number of nitrogens with zero attached hydrogens (tertiary/aromatic N) is 3. The van der Waals surface area contributed by atoms with Crippen LogP contribution in [-0.4, -0.2) is 55.6 Å². The highest BCUT2D eigenvalue weighted by atomic mass is 15.1. The van der Waals surface area contributed by atoms with Crippen LogP contribution in [0.25, 0.3) is 0 Å². The molecule has 1 aliphatic rings. The molecule has 0 unspecified atom stereocenters. The Morgan fingerprint density at radius 2 is 2.05 bits per heavy atom. The molecule has 106 valence electrons. The van der Waals surface area contributed by atoms with E-state index in [1.54, 1.807) is 0 Å². The highest BCUT2D eigenvalue weighted by molar-refractivity contribution is 5.34. The standard InChI is InChI=1S/C15H26N4/c1-16-15-5-4-14(10-17-15)12-19-8-6-13(7-9-19)11-18(2)3/h4-5,10,13H,6-9,11-12H2,1-3H3,(H,16,17). The first-order valence-corrected chi connectivity index (χ1v) is 7.17. The van der Waals surface area contributed by atoms with Gasteiger partial charge in [0.15, 0.2) is 0 Å². The van der Waals surface area contributed by atoms with Crippen LogP contribution in [0.1, 0.15) is 18.4 Å². The summed E-state index contributed by atoms with van der Waals surface area (Å²) < 4.78 is 0. The third-order valence-corrected chi connectivity index (χ3v) is 3.82. The summed E-state index contributed by atoms with van der Waals surface area (Å²) in [6.45, 7) is 4.69. The molecule has 19 heavy (non-hydrogen) atoms. The van der Waals surface area contributed by atoms with E-state index >= 15 is 0 Å². The fourth-order valence-corrected chi connectivity index (χ4v) is 2.77. The molecule has 0 aromatic carbocycles. The molecule has 0 aliphatic carbocycles. The molecular formula is C15H26N4. The van der Waals surface area contributed by atoms with Crippen LogP contribution in [0, 0.1) is 5.92 Å². The van der Waals surface area contributed by atoms with Crippen LogP contribution in [0.5, 0.6) is 0 Å². The molecule has 2 heterocycles. The van der Waals surface area contributed by atoms with Gasteiger partial charge in [0.05, 0.1) is 0 Å². The second-order valence-electron chi connectivity index (χ2n) is 5.78. The van der Waals surface area contributed by atoms with Crippen LogP contribution in [0.15, 0.2) is 18.3 Å². The van der Waals surface area contributed by atoms with Gasteiger partial charge in [-0.3, -0.25) is 4.90 Å². The highest BCUT2D eigenvalue weighted by Gasteiger charge is 2.19. The molecule has 4 nitrogen and oxygen atoms in total. The number of rotatable bonds is 5. The van der Waals surface area contributed by atoms with Crippen LogP contribution >= 0.6 is 0 Å². The lowest BCUT2D eigenvalue weighted by Crippen LogP contribution is -2.36. The molecule has 1 aromatic rings. The van der Waals surface area contributed by atoms with Crippen LogP contribution in [0.2, 0.25) is 0 Å². The Hall–Kier alpha value is -1.13. The summed E-state index contributed by atoms with van der Waals surface area (Å²) in [6.07, 6.45) is 4.62. The monoisotopic (exact) mass is 262 g/mol. The molecule has 4 heteroatoms. The van der Waals surface area contributed by atoms with Crippen molar-refractivity contribution in [1.29, 1.82) is 0 Å². The summed E-state index contributed by atoms with van der Waals surface area (Å²) in [5.74, 6) is 1.81. The van der Waals surface area contributed by atoms with E-state index in [0.29, 0.717) is 0 Å². The molecule has 0 atom stereocenters. The Bertz CT molecular complexity index is 366. The number of nitrogens with one attached hydrogen (secondary N) is 1. The van der Waals surface area contributed by atoms with Gasteiger partial charge in [0.2, 0.25) is 0 Å². The summed E-state index contributed by atoms with van der Waals surface area (Å²) in [5, 5.41) is 3.05. The maximum Gasteiger partial charge on any atom is 0.125 e. The molecule has 0 bridgehead atoms. The van der Waals surface area contributed by atoms with E-state index in [9.17, 15) is 0 Å². The minimum Gasteiger partial charge on any atom is -0.373 e. The second kappa shape index (κ2) is 6.87. The van der Waals surface area contributed by atoms with Crippen LogP contribution in [-0.2, 0) is 6.54 Å². The second-order valence-corrected chi connectivity index (χ2v) is 5.78. The molecule has 0 radical (unpaired) electrons. The van der Waals surface area contributed by atoms with Gasteiger partial charge >= 0.3 is 0 Å². The lowest BCUT2D eigenvalue weighted by atomic mass is 9.96. The number of likely N-dealkylation sites (tertiary alicyclic amines) is 1. The number of anilines is 1. The first kappa shape index (κ1) is 14.3. The van der Waals surface area contributed by atoms with E-state index in [0.717, 1.165) is 18.3 Å². The number of hydrogen-bond donors (Lipinski definition) is 1. The third-order valence-electron chi connectivity index (χ3n) is 3.82. The third kappa shape index (κ3) is 4.48. The van der Waals surface area contributed by atoms with Crippen molar-refractivity contribution in [2.24, 2.45) is 5.92 Å². The van der Waals surface area contributed by atoms with Crippen molar-refractivity contribution in [3.05, 3.63) is 23.9 Å². The Labute approximate surface area is 116 Å². The lowest BCUT2D eigenvalue weighted by Gasteiger charge is -2.33. The van der Waals surface area contributed by atoms with Crippen molar-refractivity contribution in [3.63, 3.8) is 0 Å². The zero-order valence-electron chi connectivity index (χ0n) is 12.4. The van der Waals surface area contributed by atoms with Gasteiger partial charge in [-0.15, -0.1) is 0 Å². The zero-order chi connectivity index (χ0) is 13.7. The molecule has 1 saturated heterocycles. The quantitative estimate of drug-likeness (QED) is 0.878. The smallest absolute Gasteiger partial charge is 0.125 e. The van der Waals surface area contributed by atoms with Gasteiger partial charge in [0.25, 0.3) is 0 Å². The Morgan fingerprint density at radius 1 is 1.32 bits per heavy atom. The molecule has 0 saturated carbocycles. The number of aromatic nitrogens is 1. The summed E-state index contributed by atoms with van der Waals surface area (Å²) in [5.41, 5.74) is 1.31. The Morgan fingerprint density at radius 3 is 2.58 bits per heavy atom. The van der Waals surface area contributed by atoms with Gasteiger partial charge in [0.1, 0.15) is 5.82 Å². The van der Waals surface area contributed by atoms with E-state index in [-0.39, 0.29) is 0 Å². The predicted molar refractivity (Wildman–Crippen MR) is 80.3 cm³/mol. The van der Waals surface area contributed by atoms with Crippen molar-refractivity contribution in [1.82, 2.24) is 14.8 Å². The maximum absolute atomic E-state index is 4.37. The SMILES string of the molecule is CNc1ccc(CN2CCC(CN(C)C)CC2)cn1. The average Bonchev–Trinajstić information content (AvgIpc) is 2.41. The van der Waals surface area contributed by atoms with Gasteiger partial charge in [-0.25, -0.2) is 4.98 Å². The molecule has 0 spiro atoms. The van der Waals surface area contributed by atoms with Crippen molar-refractivity contribution in [2.45, 2.75) is 19.4 Å². The molecule has 1 fully saturated rings. The highest BCUT2D eigenvalue weighted by Crippen LogP contribution is 2.19. The van der Waals surface area contributed by atoms with E-state index in [1.807, 2.05) is 19.3 Å². The predicted octanol–water partition coefficient (Wildman–Crippen LogP) is 1.90. The molecule has 0 amide bonds. The van der Waals surface area contributed by atoms with E-state index in [4.69, 9.17) is 0 Å². The molecule has 1 N–H and O–H groups in total. The topological polar surface area (TPSA) is 31.4 Å². The largest absolute Gasteiger partial charge is 0.373 e. The minimum atomic E-state index is 0.871. The normalized spacial score (nSPS) is 17.9. The lowest BCUT2D eigenvalue weighted by molar-refractivity contribution is 0.157. The maximum atomic E-state index is 4.37. The van der Waals surface area contributed by atoms with Crippen LogP contribution in [0.4, 0.5) is 5.82 Å². The summed E-state index contributed by atoms with van der Waals surface area (Å²) in [6, 6.07) is 4.22. The van der Waals surface area contributed by atoms with Crippen molar-refractivity contribution < 1.29 is 0 Å². The van der Waals surface area contributed by atoms with Crippen molar-refractivity contribution in [2.75, 3.05) is 46.1 Å². The van der Waals surface area contributed by atoms with E-state index in [1.165, 1.54) is 38.0 Å². The minimum absolute atomic E-state index is 0.871. The van der Waals surface area contributed by atoms with Crippen LogP contribution < -0.4 is 5.32 Å². The average molecular weight is 262 g/mol. The molecule has 1 aromatic heterocycles. The number of pyridine rings is 1. The van der Waals surface area contributed by atoms with E-state index < -0.39 is 0 Å². The Kier molecular flexibility index (Phi) is 5.16. The number of piperidine rings is 1. The molecule has 1 aliphatic heterocycles. The zero-order valence-corrected chi connectivity index (χ0v) is 12.4. The fourth-order valence-electron chi connectivity index (χ4n) is 2.77. The summed E-state index contributed by atoms with van der Waals surface area (Å²) in [4.78, 5) is 9.22. The fraction of sp³-hybridized carbons (Fsp3) is 0.667. The summed E-state index contributed by atoms with van der Waals surface area (Å²) in [7, 11) is 6.24. The molecule has 2 rings (SSSR count). The van der Waals surface area contributed by atoms with Crippen molar-refractivity contribution >= 4 is 5.82 Å². The van der Waals surface area contributed by atoms with Crippen LogP contribution in [0.3, 0.4) is 0 Å². The van der Waals surface area contributed by atoms with Crippen molar-refractivity contribution in [3.8, 4) is 0 Å². The first-order valence-electron chi connectivity index (χ1n) is 7.17. The van der Waals surface area contributed by atoms with Gasteiger partial charge in [-0.2, -0.15) is 0 Å². The molecular weight excluding hydrogens is 236 g/mol. The van der Waals surface area contributed by atoms with Gasteiger partial charge in [-0.1, -0.05) is 6.07 Å². The summed E-state index contributed by atoms with van der Waals surface area (Å²) >= 11 is 0. The number of hydrogen-bond acceptors (Lipinski definition) is 4. The first-order chi connectivity index (χ1) is 9.17. The van der Waals surface area contributed by atoms with Gasteiger partial charge in [0, 0.05) is 26.3 Å². The van der Waals surface area contributed by atoms with E-state index in [2.05, 4.69) is 40.3 Å². The van der Waals surface area contributed by atoms with Gasteiger partial charge in [-0.05, 0) is 57.6 Å².